The lowest BCUT2D eigenvalue weighted by Crippen LogP contribution is -2.26. The van der Waals surface area contributed by atoms with Gasteiger partial charge >= 0.3 is 0 Å². The zero-order valence-corrected chi connectivity index (χ0v) is 15.5. The molecular weight excluding hydrogens is 354 g/mol. The van der Waals surface area contributed by atoms with Gasteiger partial charge in [0.2, 0.25) is 5.95 Å². The molecule has 0 saturated carbocycles. The molecule has 7 nitrogen and oxygen atoms in total. The molecular formula is C21H23N5O2. The number of hydrogen-bond acceptors (Lipinski definition) is 7. The van der Waals surface area contributed by atoms with E-state index >= 15 is 0 Å². The van der Waals surface area contributed by atoms with E-state index in [9.17, 15) is 0 Å². The summed E-state index contributed by atoms with van der Waals surface area (Å²) in [6, 6.07) is 15.0. The Bertz CT molecular complexity index is 957. The van der Waals surface area contributed by atoms with Gasteiger partial charge in [0, 0.05) is 36.0 Å². The molecule has 1 fully saturated rings. The van der Waals surface area contributed by atoms with Crippen molar-refractivity contribution in [2.75, 3.05) is 30.0 Å². The first-order chi connectivity index (χ1) is 13.7. The SMILES string of the molecule is Nc1cccc(Nc2nccc(-c3ccc(OC4CCOCC4)c(N)c3)n2)c1. The predicted molar refractivity (Wildman–Crippen MR) is 110 cm³/mol. The van der Waals surface area contributed by atoms with Crippen LogP contribution in [0.1, 0.15) is 12.8 Å². The molecule has 7 heteroatoms. The highest BCUT2D eigenvalue weighted by Gasteiger charge is 2.16. The van der Waals surface area contributed by atoms with E-state index in [-0.39, 0.29) is 6.10 Å². The van der Waals surface area contributed by atoms with E-state index in [4.69, 9.17) is 20.9 Å². The average molecular weight is 377 g/mol. The highest BCUT2D eigenvalue weighted by Crippen LogP contribution is 2.30. The summed E-state index contributed by atoms with van der Waals surface area (Å²) < 4.78 is 11.4. The molecule has 3 aromatic rings. The third-order valence-electron chi connectivity index (χ3n) is 4.57. The Labute approximate surface area is 163 Å². The van der Waals surface area contributed by atoms with Crippen molar-refractivity contribution in [3.8, 4) is 17.0 Å². The minimum absolute atomic E-state index is 0.148. The Balaban J connectivity index is 1.51. The van der Waals surface area contributed by atoms with Crippen molar-refractivity contribution in [2.24, 2.45) is 0 Å². The maximum Gasteiger partial charge on any atom is 0.227 e. The number of nitrogens with two attached hydrogens (primary N) is 2. The topological polar surface area (TPSA) is 108 Å². The number of nitrogens with one attached hydrogen (secondary N) is 1. The molecule has 28 heavy (non-hydrogen) atoms. The normalized spacial score (nSPS) is 14.6. The lowest BCUT2D eigenvalue weighted by atomic mass is 10.1. The van der Waals surface area contributed by atoms with E-state index in [1.807, 2.05) is 48.5 Å². The van der Waals surface area contributed by atoms with Crippen molar-refractivity contribution in [3.05, 3.63) is 54.7 Å². The molecule has 0 atom stereocenters. The van der Waals surface area contributed by atoms with Gasteiger partial charge in [-0.15, -0.1) is 0 Å². The van der Waals surface area contributed by atoms with Crippen LogP contribution in [0.15, 0.2) is 54.7 Å². The summed E-state index contributed by atoms with van der Waals surface area (Å²) in [5.41, 5.74) is 15.8. The summed E-state index contributed by atoms with van der Waals surface area (Å²) in [6.45, 7) is 1.46. The first-order valence-corrected chi connectivity index (χ1v) is 9.27. The number of benzene rings is 2. The maximum absolute atomic E-state index is 6.22. The van der Waals surface area contributed by atoms with Gasteiger partial charge in [-0.1, -0.05) is 6.07 Å². The molecule has 4 rings (SSSR count). The maximum atomic E-state index is 6.22. The standard InChI is InChI=1S/C21H23N5O2/c22-15-2-1-3-16(13-15)25-21-24-9-6-19(26-21)14-4-5-20(18(23)12-14)28-17-7-10-27-11-8-17/h1-6,9,12-13,17H,7-8,10-11,22-23H2,(H,24,25,26). The van der Waals surface area contributed by atoms with Crippen molar-refractivity contribution in [1.29, 1.82) is 0 Å². The third-order valence-corrected chi connectivity index (χ3v) is 4.57. The van der Waals surface area contributed by atoms with E-state index in [2.05, 4.69) is 15.3 Å². The number of anilines is 4. The van der Waals surface area contributed by atoms with Crippen LogP contribution >= 0.6 is 0 Å². The van der Waals surface area contributed by atoms with Crippen LogP contribution in [0, 0.1) is 0 Å². The van der Waals surface area contributed by atoms with Crippen molar-refractivity contribution < 1.29 is 9.47 Å². The Morgan fingerprint density at radius 3 is 2.68 bits per heavy atom. The molecule has 1 aliphatic heterocycles. The Morgan fingerprint density at radius 2 is 1.89 bits per heavy atom. The monoisotopic (exact) mass is 377 g/mol. The van der Waals surface area contributed by atoms with E-state index in [1.165, 1.54) is 0 Å². The lowest BCUT2D eigenvalue weighted by molar-refractivity contribution is 0.0259. The number of nitrogens with zero attached hydrogens (tertiary/aromatic N) is 2. The lowest BCUT2D eigenvalue weighted by Gasteiger charge is -2.24. The molecule has 0 radical (unpaired) electrons. The fraction of sp³-hybridized carbons (Fsp3) is 0.238. The van der Waals surface area contributed by atoms with Crippen molar-refractivity contribution in [1.82, 2.24) is 9.97 Å². The number of ether oxygens (including phenoxy) is 2. The van der Waals surface area contributed by atoms with E-state index in [0.717, 1.165) is 43.0 Å². The number of nitrogen functional groups attached to an aromatic ring is 2. The van der Waals surface area contributed by atoms with Gasteiger partial charge < -0.3 is 26.3 Å². The van der Waals surface area contributed by atoms with E-state index < -0.39 is 0 Å². The molecule has 0 spiro atoms. The number of aromatic nitrogens is 2. The third kappa shape index (κ3) is 4.32. The largest absolute Gasteiger partial charge is 0.488 e. The molecule has 5 N–H and O–H groups in total. The summed E-state index contributed by atoms with van der Waals surface area (Å²) in [5.74, 6) is 1.19. The van der Waals surface area contributed by atoms with Gasteiger partial charge in [-0.05, 0) is 42.5 Å². The predicted octanol–water partition coefficient (Wildman–Crippen LogP) is 3.61. The fourth-order valence-electron chi connectivity index (χ4n) is 3.11. The molecule has 1 aromatic heterocycles. The van der Waals surface area contributed by atoms with Crippen LogP contribution in [0.5, 0.6) is 5.75 Å². The Kier molecular flexibility index (Phi) is 5.25. The molecule has 0 bridgehead atoms. The van der Waals surface area contributed by atoms with Gasteiger partial charge in [-0.3, -0.25) is 0 Å². The Hall–Kier alpha value is -3.32. The van der Waals surface area contributed by atoms with E-state index in [0.29, 0.717) is 23.1 Å². The molecule has 1 saturated heterocycles. The molecule has 2 heterocycles. The summed E-state index contributed by atoms with van der Waals surface area (Å²) in [4.78, 5) is 8.85. The first-order valence-electron chi connectivity index (χ1n) is 9.27. The van der Waals surface area contributed by atoms with Crippen LogP contribution in [0.25, 0.3) is 11.3 Å². The van der Waals surface area contributed by atoms with Gasteiger partial charge in [0.05, 0.1) is 24.6 Å². The van der Waals surface area contributed by atoms with Crippen LogP contribution in [-0.4, -0.2) is 29.3 Å². The zero-order valence-electron chi connectivity index (χ0n) is 15.5. The second kappa shape index (κ2) is 8.14. The van der Waals surface area contributed by atoms with Crippen molar-refractivity contribution in [3.63, 3.8) is 0 Å². The number of hydrogen-bond donors (Lipinski definition) is 3. The van der Waals surface area contributed by atoms with Crippen molar-refractivity contribution >= 4 is 23.0 Å². The van der Waals surface area contributed by atoms with Crippen LogP contribution in [0.2, 0.25) is 0 Å². The van der Waals surface area contributed by atoms with Gasteiger partial charge in [0.15, 0.2) is 0 Å². The average Bonchev–Trinajstić information content (AvgIpc) is 2.71. The summed E-state index contributed by atoms with van der Waals surface area (Å²) >= 11 is 0. The molecule has 0 amide bonds. The van der Waals surface area contributed by atoms with E-state index in [1.54, 1.807) is 6.20 Å². The number of rotatable bonds is 5. The molecule has 2 aromatic carbocycles. The highest BCUT2D eigenvalue weighted by atomic mass is 16.5. The van der Waals surface area contributed by atoms with Crippen molar-refractivity contribution in [2.45, 2.75) is 18.9 Å². The van der Waals surface area contributed by atoms with Gasteiger partial charge in [-0.25, -0.2) is 9.97 Å². The van der Waals surface area contributed by atoms with Crippen LogP contribution in [0.4, 0.5) is 23.0 Å². The smallest absolute Gasteiger partial charge is 0.227 e. The van der Waals surface area contributed by atoms with Crippen LogP contribution in [-0.2, 0) is 4.74 Å². The highest BCUT2D eigenvalue weighted by molar-refractivity contribution is 5.69. The zero-order chi connectivity index (χ0) is 19.3. The minimum atomic E-state index is 0.148. The first kappa shape index (κ1) is 18.1. The second-order valence-corrected chi connectivity index (χ2v) is 6.70. The molecule has 1 aliphatic rings. The van der Waals surface area contributed by atoms with Gasteiger partial charge in [0.25, 0.3) is 0 Å². The van der Waals surface area contributed by atoms with Crippen LogP contribution < -0.4 is 21.5 Å². The molecule has 0 aliphatic carbocycles. The molecule has 0 unspecified atom stereocenters. The quantitative estimate of drug-likeness (QED) is 0.583. The van der Waals surface area contributed by atoms with Gasteiger partial charge in [-0.2, -0.15) is 0 Å². The summed E-state index contributed by atoms with van der Waals surface area (Å²) in [6.07, 6.45) is 3.62. The minimum Gasteiger partial charge on any atom is -0.488 e. The Morgan fingerprint density at radius 1 is 1.04 bits per heavy atom. The molecule has 144 valence electrons. The fourth-order valence-corrected chi connectivity index (χ4v) is 3.11. The summed E-state index contributed by atoms with van der Waals surface area (Å²) in [7, 11) is 0. The second-order valence-electron chi connectivity index (χ2n) is 6.70. The van der Waals surface area contributed by atoms with Crippen LogP contribution in [0.3, 0.4) is 0 Å². The van der Waals surface area contributed by atoms with Gasteiger partial charge in [0.1, 0.15) is 11.9 Å². The summed E-state index contributed by atoms with van der Waals surface area (Å²) in [5, 5.41) is 3.17.